The van der Waals surface area contributed by atoms with Gasteiger partial charge in [0.1, 0.15) is 0 Å². The second kappa shape index (κ2) is 6.84. The zero-order chi connectivity index (χ0) is 11.8. The average Bonchev–Trinajstić information content (AvgIpc) is 2.30. The third-order valence-electron chi connectivity index (χ3n) is 2.21. The Morgan fingerprint density at radius 1 is 1.38 bits per heavy atom. The number of nitrogens with zero attached hydrogens (tertiary/aromatic N) is 1. The Labute approximate surface area is 97.8 Å². The van der Waals surface area contributed by atoms with E-state index in [4.69, 9.17) is 5.73 Å². The zero-order valence-electron chi connectivity index (χ0n) is 9.74. The van der Waals surface area contributed by atoms with Crippen molar-refractivity contribution in [2.45, 2.75) is 6.54 Å². The lowest BCUT2D eigenvalue weighted by Crippen LogP contribution is -2.17. The summed E-state index contributed by atoms with van der Waals surface area (Å²) < 4.78 is 0. The molecule has 0 amide bonds. The molecule has 2 nitrogen and oxygen atoms in total. The van der Waals surface area contributed by atoms with Gasteiger partial charge in [0.25, 0.3) is 0 Å². The predicted molar refractivity (Wildman–Crippen MR) is 68.9 cm³/mol. The van der Waals surface area contributed by atoms with E-state index in [1.165, 1.54) is 0 Å². The van der Waals surface area contributed by atoms with Crippen LogP contribution in [0.1, 0.15) is 11.1 Å². The molecule has 84 valence electrons. The first-order chi connectivity index (χ1) is 7.76. The summed E-state index contributed by atoms with van der Waals surface area (Å²) in [7, 11) is 2.02. The first-order valence-electron chi connectivity index (χ1n) is 5.33. The van der Waals surface area contributed by atoms with Gasteiger partial charge in [-0.05, 0) is 24.7 Å². The average molecular weight is 214 g/mol. The van der Waals surface area contributed by atoms with Crippen LogP contribution in [0.25, 0.3) is 0 Å². The summed E-state index contributed by atoms with van der Waals surface area (Å²) in [4.78, 5) is 2.11. The van der Waals surface area contributed by atoms with Crippen LogP contribution in [0.15, 0.2) is 36.9 Å². The lowest BCUT2D eigenvalue weighted by atomic mass is 10.1. The monoisotopic (exact) mass is 214 g/mol. The van der Waals surface area contributed by atoms with Crippen LogP contribution in [0, 0.1) is 11.8 Å². The van der Waals surface area contributed by atoms with Crippen molar-refractivity contribution in [3.8, 4) is 11.8 Å². The lowest BCUT2D eigenvalue weighted by molar-refractivity contribution is 0.419. The number of benzene rings is 1. The van der Waals surface area contributed by atoms with Gasteiger partial charge in [0.2, 0.25) is 0 Å². The molecular formula is C14H18N2. The molecule has 0 spiro atoms. The van der Waals surface area contributed by atoms with Crippen molar-refractivity contribution in [1.29, 1.82) is 0 Å². The van der Waals surface area contributed by atoms with Gasteiger partial charge in [-0.1, -0.05) is 30.0 Å². The van der Waals surface area contributed by atoms with E-state index >= 15 is 0 Å². The molecule has 0 fully saturated rings. The van der Waals surface area contributed by atoms with E-state index in [9.17, 15) is 0 Å². The molecule has 0 bridgehead atoms. The lowest BCUT2D eigenvalue weighted by Gasteiger charge is -2.08. The Bertz CT molecular complexity index is 381. The molecule has 0 unspecified atom stereocenters. The number of rotatable bonds is 4. The van der Waals surface area contributed by atoms with Gasteiger partial charge in [0.15, 0.2) is 0 Å². The predicted octanol–water partition coefficient (Wildman–Crippen LogP) is 1.61. The van der Waals surface area contributed by atoms with Crippen molar-refractivity contribution in [2.75, 3.05) is 20.1 Å². The van der Waals surface area contributed by atoms with Crippen molar-refractivity contribution in [1.82, 2.24) is 4.90 Å². The van der Waals surface area contributed by atoms with Crippen molar-refractivity contribution >= 4 is 0 Å². The summed E-state index contributed by atoms with van der Waals surface area (Å²) in [5.41, 5.74) is 7.69. The number of hydrogen-bond acceptors (Lipinski definition) is 2. The van der Waals surface area contributed by atoms with E-state index < -0.39 is 0 Å². The maximum atomic E-state index is 5.52. The van der Waals surface area contributed by atoms with Gasteiger partial charge in [0, 0.05) is 18.7 Å². The fourth-order valence-corrected chi connectivity index (χ4v) is 1.29. The molecule has 0 saturated carbocycles. The highest BCUT2D eigenvalue weighted by molar-refractivity contribution is 5.36. The number of nitrogens with two attached hydrogens (primary N) is 1. The van der Waals surface area contributed by atoms with Crippen LogP contribution in [-0.2, 0) is 6.54 Å². The van der Waals surface area contributed by atoms with Crippen LogP contribution in [0.3, 0.4) is 0 Å². The first-order valence-corrected chi connectivity index (χ1v) is 5.33. The van der Waals surface area contributed by atoms with E-state index in [1.807, 2.05) is 37.4 Å². The van der Waals surface area contributed by atoms with Crippen LogP contribution in [0.2, 0.25) is 0 Å². The second-order valence-electron chi connectivity index (χ2n) is 3.69. The molecule has 16 heavy (non-hydrogen) atoms. The van der Waals surface area contributed by atoms with Crippen molar-refractivity contribution in [3.63, 3.8) is 0 Å². The van der Waals surface area contributed by atoms with Crippen LogP contribution in [-0.4, -0.2) is 25.0 Å². The highest BCUT2D eigenvalue weighted by Gasteiger charge is 1.91. The molecular weight excluding hydrogens is 196 g/mol. The van der Waals surface area contributed by atoms with Crippen molar-refractivity contribution < 1.29 is 0 Å². The van der Waals surface area contributed by atoms with E-state index in [-0.39, 0.29) is 0 Å². The quantitative estimate of drug-likeness (QED) is 0.609. The second-order valence-corrected chi connectivity index (χ2v) is 3.69. The third kappa shape index (κ3) is 4.31. The first kappa shape index (κ1) is 12.5. The summed E-state index contributed by atoms with van der Waals surface area (Å²) in [5, 5.41) is 0. The number of hydrogen-bond donors (Lipinski definition) is 1. The van der Waals surface area contributed by atoms with Crippen LogP contribution in [0.4, 0.5) is 0 Å². The molecule has 0 radical (unpaired) electrons. The van der Waals surface area contributed by atoms with Gasteiger partial charge >= 0.3 is 0 Å². The van der Waals surface area contributed by atoms with Crippen LogP contribution >= 0.6 is 0 Å². The topological polar surface area (TPSA) is 29.3 Å². The van der Waals surface area contributed by atoms with E-state index in [1.54, 1.807) is 0 Å². The zero-order valence-corrected chi connectivity index (χ0v) is 9.74. The largest absolute Gasteiger partial charge is 0.326 e. The highest BCUT2D eigenvalue weighted by Crippen LogP contribution is 2.01. The smallest absolute Gasteiger partial charge is 0.0605 e. The standard InChI is InChI=1S/C14H18N2/c1-3-10-16(2)11-4-5-13-6-8-14(12-15)9-7-13/h3,6-9H,1,10-12,15H2,2H3. The molecule has 0 aliphatic carbocycles. The molecule has 0 aromatic heterocycles. The Kier molecular flexibility index (Phi) is 5.35. The normalized spacial score (nSPS) is 9.69. The molecule has 1 aromatic carbocycles. The van der Waals surface area contributed by atoms with Gasteiger partial charge in [-0.3, -0.25) is 4.90 Å². The van der Waals surface area contributed by atoms with Crippen LogP contribution < -0.4 is 5.73 Å². The molecule has 0 aliphatic rings. The Hall–Kier alpha value is -1.56. The summed E-state index contributed by atoms with van der Waals surface area (Å²) in [6.07, 6.45) is 1.87. The Balaban J connectivity index is 2.52. The summed E-state index contributed by atoms with van der Waals surface area (Å²) in [5.74, 6) is 6.24. The maximum absolute atomic E-state index is 5.52. The molecule has 0 aliphatic heterocycles. The van der Waals surface area contributed by atoms with Crippen molar-refractivity contribution in [3.05, 3.63) is 48.0 Å². The Morgan fingerprint density at radius 2 is 2.06 bits per heavy atom. The number of likely N-dealkylation sites (N-methyl/N-ethyl adjacent to an activating group) is 1. The fourth-order valence-electron chi connectivity index (χ4n) is 1.29. The molecule has 2 heteroatoms. The summed E-state index contributed by atoms with van der Waals surface area (Å²) >= 11 is 0. The minimum Gasteiger partial charge on any atom is -0.326 e. The summed E-state index contributed by atoms with van der Waals surface area (Å²) in [6.45, 7) is 5.88. The van der Waals surface area contributed by atoms with E-state index in [2.05, 4.69) is 23.3 Å². The van der Waals surface area contributed by atoms with E-state index in [0.717, 1.165) is 24.2 Å². The van der Waals surface area contributed by atoms with Gasteiger partial charge < -0.3 is 5.73 Å². The SMILES string of the molecule is C=CCN(C)CC#Cc1ccc(CN)cc1. The maximum Gasteiger partial charge on any atom is 0.0605 e. The molecule has 1 aromatic rings. The minimum atomic E-state index is 0.579. The Morgan fingerprint density at radius 3 is 2.62 bits per heavy atom. The molecule has 0 heterocycles. The molecule has 2 N–H and O–H groups in total. The molecule has 0 atom stereocenters. The van der Waals surface area contributed by atoms with Crippen molar-refractivity contribution in [2.24, 2.45) is 5.73 Å². The van der Waals surface area contributed by atoms with Crippen LogP contribution in [0.5, 0.6) is 0 Å². The van der Waals surface area contributed by atoms with E-state index in [0.29, 0.717) is 6.54 Å². The van der Waals surface area contributed by atoms with Gasteiger partial charge in [-0.25, -0.2) is 0 Å². The minimum absolute atomic E-state index is 0.579. The third-order valence-corrected chi connectivity index (χ3v) is 2.21. The van der Waals surface area contributed by atoms with Gasteiger partial charge in [-0.2, -0.15) is 0 Å². The molecule has 0 saturated heterocycles. The fraction of sp³-hybridized carbons (Fsp3) is 0.286. The van der Waals surface area contributed by atoms with Gasteiger partial charge in [-0.15, -0.1) is 6.58 Å². The molecule has 1 rings (SSSR count). The van der Waals surface area contributed by atoms with Gasteiger partial charge in [0.05, 0.1) is 6.54 Å². The highest BCUT2D eigenvalue weighted by atomic mass is 15.1. The summed E-state index contributed by atoms with van der Waals surface area (Å²) in [6, 6.07) is 8.03.